The molecule has 0 spiro atoms. The second-order valence-electron chi connectivity index (χ2n) is 5.80. The number of rotatable bonds is 8. The van der Waals surface area contributed by atoms with Gasteiger partial charge in [-0.2, -0.15) is 11.8 Å². The molecule has 0 aromatic rings. The molecule has 0 aromatic carbocycles. The molecular weight excluding hydrogens is 268 g/mol. The van der Waals surface area contributed by atoms with Crippen LogP contribution in [0.25, 0.3) is 0 Å². The van der Waals surface area contributed by atoms with E-state index in [2.05, 4.69) is 53.2 Å². The van der Waals surface area contributed by atoms with Gasteiger partial charge in [-0.3, -0.25) is 4.99 Å². The van der Waals surface area contributed by atoms with Crippen molar-refractivity contribution in [3.05, 3.63) is 0 Å². The molecule has 2 N–H and O–H groups in total. The van der Waals surface area contributed by atoms with E-state index in [4.69, 9.17) is 0 Å². The first-order valence-corrected chi connectivity index (χ1v) is 8.94. The molecule has 0 radical (unpaired) electrons. The third-order valence-corrected chi connectivity index (χ3v) is 5.25. The van der Waals surface area contributed by atoms with Gasteiger partial charge >= 0.3 is 0 Å². The number of nitrogens with zero attached hydrogens (tertiary/aromatic N) is 2. The van der Waals surface area contributed by atoms with Crippen molar-refractivity contribution in [2.75, 3.05) is 39.5 Å². The SMILES string of the molecule is CN=C(NCCCCN(C)C(C)C)NCC1CCCS1. The van der Waals surface area contributed by atoms with Crippen LogP contribution in [-0.4, -0.2) is 61.6 Å². The second-order valence-corrected chi connectivity index (χ2v) is 7.20. The van der Waals surface area contributed by atoms with Crippen LogP contribution in [0.4, 0.5) is 0 Å². The number of unbranched alkanes of at least 4 members (excludes halogenated alkanes) is 1. The van der Waals surface area contributed by atoms with Gasteiger partial charge in [0, 0.05) is 31.4 Å². The van der Waals surface area contributed by atoms with Crippen LogP contribution in [0, 0.1) is 0 Å². The van der Waals surface area contributed by atoms with Crippen molar-refractivity contribution in [3.8, 4) is 0 Å². The highest BCUT2D eigenvalue weighted by atomic mass is 32.2. The molecule has 1 fully saturated rings. The van der Waals surface area contributed by atoms with Gasteiger partial charge in [-0.05, 0) is 58.9 Å². The molecule has 1 aliphatic rings. The zero-order valence-electron chi connectivity index (χ0n) is 13.6. The van der Waals surface area contributed by atoms with Crippen LogP contribution in [0.2, 0.25) is 0 Å². The van der Waals surface area contributed by atoms with Gasteiger partial charge in [0.05, 0.1) is 0 Å². The van der Waals surface area contributed by atoms with Crippen molar-refractivity contribution in [1.82, 2.24) is 15.5 Å². The minimum absolute atomic E-state index is 0.640. The van der Waals surface area contributed by atoms with Gasteiger partial charge in [-0.15, -0.1) is 0 Å². The van der Waals surface area contributed by atoms with Crippen LogP contribution >= 0.6 is 11.8 Å². The fraction of sp³-hybridized carbons (Fsp3) is 0.933. The molecule has 5 heteroatoms. The first-order chi connectivity index (χ1) is 9.63. The molecule has 1 heterocycles. The molecule has 118 valence electrons. The van der Waals surface area contributed by atoms with Gasteiger partial charge in [0.25, 0.3) is 0 Å². The Hall–Kier alpha value is -0.420. The summed E-state index contributed by atoms with van der Waals surface area (Å²) in [4.78, 5) is 6.68. The summed E-state index contributed by atoms with van der Waals surface area (Å²) in [6.45, 7) is 7.70. The standard InChI is InChI=1S/C15H32N4S/c1-13(2)19(4)10-6-5-9-17-15(16-3)18-12-14-8-7-11-20-14/h13-14H,5-12H2,1-4H3,(H2,16,17,18). The Morgan fingerprint density at radius 3 is 2.75 bits per heavy atom. The Bertz CT molecular complexity index is 275. The fourth-order valence-electron chi connectivity index (χ4n) is 2.19. The maximum absolute atomic E-state index is 4.28. The molecule has 0 saturated carbocycles. The Labute approximate surface area is 129 Å². The number of aliphatic imine (C=N–C) groups is 1. The van der Waals surface area contributed by atoms with E-state index in [-0.39, 0.29) is 0 Å². The minimum Gasteiger partial charge on any atom is -0.356 e. The lowest BCUT2D eigenvalue weighted by Gasteiger charge is -2.20. The van der Waals surface area contributed by atoms with Crippen LogP contribution in [0.1, 0.15) is 39.5 Å². The summed E-state index contributed by atoms with van der Waals surface area (Å²) in [7, 11) is 4.04. The largest absolute Gasteiger partial charge is 0.356 e. The quantitative estimate of drug-likeness (QED) is 0.409. The summed E-state index contributed by atoms with van der Waals surface area (Å²) >= 11 is 2.08. The Morgan fingerprint density at radius 1 is 1.35 bits per heavy atom. The highest BCUT2D eigenvalue weighted by Gasteiger charge is 2.15. The van der Waals surface area contributed by atoms with Crippen molar-refractivity contribution in [3.63, 3.8) is 0 Å². The lowest BCUT2D eigenvalue weighted by Crippen LogP contribution is -2.40. The summed E-state index contributed by atoms with van der Waals surface area (Å²) < 4.78 is 0. The predicted octanol–water partition coefficient (Wildman–Crippen LogP) is 2.17. The van der Waals surface area contributed by atoms with Crippen molar-refractivity contribution < 1.29 is 0 Å². The number of thioether (sulfide) groups is 1. The van der Waals surface area contributed by atoms with Crippen molar-refractivity contribution in [1.29, 1.82) is 0 Å². The van der Waals surface area contributed by atoms with E-state index in [9.17, 15) is 0 Å². The van der Waals surface area contributed by atoms with Gasteiger partial charge < -0.3 is 15.5 Å². The average Bonchev–Trinajstić information content (AvgIpc) is 2.94. The molecule has 4 nitrogen and oxygen atoms in total. The third-order valence-electron chi connectivity index (χ3n) is 3.86. The van der Waals surface area contributed by atoms with Crippen LogP contribution < -0.4 is 10.6 Å². The highest BCUT2D eigenvalue weighted by molar-refractivity contribution is 8.00. The molecule has 1 rings (SSSR count). The summed E-state index contributed by atoms with van der Waals surface area (Å²) in [5.74, 6) is 2.27. The van der Waals surface area contributed by atoms with Crippen molar-refractivity contribution in [2.45, 2.75) is 50.8 Å². The number of guanidine groups is 1. The topological polar surface area (TPSA) is 39.7 Å². The Morgan fingerprint density at radius 2 is 2.15 bits per heavy atom. The lowest BCUT2D eigenvalue weighted by atomic mass is 10.2. The van der Waals surface area contributed by atoms with Gasteiger partial charge in [-0.1, -0.05) is 0 Å². The molecule has 0 aliphatic carbocycles. The normalized spacial score (nSPS) is 19.9. The fourth-order valence-corrected chi connectivity index (χ4v) is 3.39. The van der Waals surface area contributed by atoms with E-state index >= 15 is 0 Å². The molecule has 1 atom stereocenters. The molecule has 0 aromatic heterocycles. The van der Waals surface area contributed by atoms with Crippen LogP contribution in [0.15, 0.2) is 4.99 Å². The Balaban J connectivity index is 2.03. The summed E-state index contributed by atoms with van der Waals surface area (Å²) in [5, 5.41) is 7.62. The van der Waals surface area contributed by atoms with E-state index in [0.717, 1.165) is 24.3 Å². The first-order valence-electron chi connectivity index (χ1n) is 7.90. The van der Waals surface area contributed by atoms with Gasteiger partial charge in [0.15, 0.2) is 5.96 Å². The monoisotopic (exact) mass is 300 g/mol. The average molecular weight is 301 g/mol. The minimum atomic E-state index is 0.640. The van der Waals surface area contributed by atoms with E-state index in [0.29, 0.717) is 6.04 Å². The highest BCUT2D eigenvalue weighted by Crippen LogP contribution is 2.25. The molecule has 1 saturated heterocycles. The van der Waals surface area contributed by atoms with Crippen LogP contribution in [0.5, 0.6) is 0 Å². The summed E-state index contributed by atoms with van der Waals surface area (Å²) in [6.07, 6.45) is 5.13. The zero-order chi connectivity index (χ0) is 14.8. The number of nitrogens with one attached hydrogen (secondary N) is 2. The number of hydrogen-bond acceptors (Lipinski definition) is 3. The maximum Gasteiger partial charge on any atom is 0.191 e. The molecule has 1 aliphatic heterocycles. The maximum atomic E-state index is 4.28. The second kappa shape index (κ2) is 10.3. The lowest BCUT2D eigenvalue weighted by molar-refractivity contribution is 0.268. The van der Waals surface area contributed by atoms with Gasteiger partial charge in [-0.25, -0.2) is 0 Å². The van der Waals surface area contributed by atoms with E-state index in [1.54, 1.807) is 0 Å². The molecule has 1 unspecified atom stereocenters. The van der Waals surface area contributed by atoms with E-state index in [1.807, 2.05) is 7.05 Å². The molecular formula is C15H32N4S. The zero-order valence-corrected chi connectivity index (χ0v) is 14.4. The molecule has 0 amide bonds. The van der Waals surface area contributed by atoms with Crippen LogP contribution in [-0.2, 0) is 0 Å². The summed E-state index contributed by atoms with van der Waals surface area (Å²) in [6, 6.07) is 0.640. The number of hydrogen-bond donors (Lipinski definition) is 2. The smallest absolute Gasteiger partial charge is 0.191 e. The van der Waals surface area contributed by atoms with E-state index in [1.165, 1.54) is 38.0 Å². The third kappa shape index (κ3) is 7.39. The van der Waals surface area contributed by atoms with Crippen molar-refractivity contribution in [2.24, 2.45) is 4.99 Å². The molecule has 20 heavy (non-hydrogen) atoms. The van der Waals surface area contributed by atoms with E-state index < -0.39 is 0 Å². The predicted molar refractivity (Wildman–Crippen MR) is 91.8 cm³/mol. The van der Waals surface area contributed by atoms with Gasteiger partial charge in [0.1, 0.15) is 0 Å². The molecule has 0 bridgehead atoms. The first kappa shape index (κ1) is 17.6. The summed E-state index contributed by atoms with van der Waals surface area (Å²) in [5.41, 5.74) is 0. The van der Waals surface area contributed by atoms with Gasteiger partial charge in [0.2, 0.25) is 0 Å². The Kier molecular flexibility index (Phi) is 9.10. The van der Waals surface area contributed by atoms with Crippen molar-refractivity contribution >= 4 is 17.7 Å². The van der Waals surface area contributed by atoms with Crippen LogP contribution in [0.3, 0.4) is 0 Å².